The van der Waals surface area contributed by atoms with E-state index in [4.69, 9.17) is 32.7 Å². The zero-order chi connectivity index (χ0) is 22.5. The summed E-state index contributed by atoms with van der Waals surface area (Å²) >= 11 is 14.6. The van der Waals surface area contributed by atoms with Crippen LogP contribution in [0.5, 0.6) is 11.5 Å². The largest absolute Gasteiger partial charge is 0.490 e. The summed E-state index contributed by atoms with van der Waals surface area (Å²) < 4.78 is 13.2. The molecular weight excluding hydrogens is 556 g/mol. The number of ether oxygens (including phenoxy) is 2. The fourth-order valence-corrected chi connectivity index (χ4v) is 4.82. The summed E-state index contributed by atoms with van der Waals surface area (Å²) in [7, 11) is 0. The van der Waals surface area contributed by atoms with Gasteiger partial charge in [0.1, 0.15) is 6.61 Å². The van der Waals surface area contributed by atoms with E-state index >= 15 is 0 Å². The zero-order valence-corrected chi connectivity index (χ0v) is 21.2. The van der Waals surface area contributed by atoms with Crippen LogP contribution in [0.3, 0.4) is 0 Å². The van der Waals surface area contributed by atoms with Gasteiger partial charge in [0, 0.05) is 11.6 Å². The molecule has 0 aliphatic rings. The summed E-state index contributed by atoms with van der Waals surface area (Å²) in [6, 6.07) is 24.1. The van der Waals surface area contributed by atoms with Crippen molar-refractivity contribution >= 4 is 62.3 Å². The third-order valence-corrected chi connectivity index (χ3v) is 6.38. The van der Waals surface area contributed by atoms with Crippen LogP contribution in [0.2, 0.25) is 10.0 Å². The molecule has 0 radical (unpaired) electrons. The van der Waals surface area contributed by atoms with E-state index < -0.39 is 0 Å². The summed E-state index contributed by atoms with van der Waals surface area (Å²) in [5.74, 6) is 1.49. The minimum Gasteiger partial charge on any atom is -0.490 e. The topological polar surface area (TPSA) is 30.5 Å². The lowest BCUT2D eigenvalue weighted by molar-refractivity contribution is 0.268. The van der Waals surface area contributed by atoms with Gasteiger partial charge in [0.2, 0.25) is 0 Å². The Bertz CT molecular complexity index is 1240. The molecule has 0 heterocycles. The third-order valence-electron chi connectivity index (χ3n) is 5.04. The molecule has 0 unspecified atom stereocenters. The van der Waals surface area contributed by atoms with Gasteiger partial charge in [-0.05, 0) is 81.7 Å². The Labute approximate surface area is 211 Å². The van der Waals surface area contributed by atoms with E-state index in [1.807, 2.05) is 31.2 Å². The maximum atomic E-state index is 6.28. The second kappa shape index (κ2) is 10.6. The minimum atomic E-state index is 0.468. The molecule has 4 rings (SSSR count). The van der Waals surface area contributed by atoms with Gasteiger partial charge in [-0.1, -0.05) is 65.7 Å². The maximum Gasteiger partial charge on any atom is 0.174 e. The lowest BCUT2D eigenvalue weighted by atomic mass is 10.1. The summed E-state index contributed by atoms with van der Waals surface area (Å²) in [5, 5.41) is 6.96. The van der Waals surface area contributed by atoms with Crippen molar-refractivity contribution in [3.8, 4) is 11.5 Å². The van der Waals surface area contributed by atoms with Crippen LogP contribution >= 0.6 is 45.8 Å². The summed E-state index contributed by atoms with van der Waals surface area (Å²) in [4.78, 5) is 0. The molecule has 0 saturated carbocycles. The zero-order valence-electron chi connectivity index (χ0n) is 17.5. The predicted octanol–water partition coefficient (Wildman–Crippen LogP) is 8.34. The minimum absolute atomic E-state index is 0.468. The van der Waals surface area contributed by atoms with Gasteiger partial charge in [-0.3, -0.25) is 0 Å². The number of halogens is 3. The molecule has 0 spiro atoms. The molecule has 164 valence electrons. The molecule has 32 heavy (non-hydrogen) atoms. The van der Waals surface area contributed by atoms with Crippen LogP contribution in [-0.4, -0.2) is 6.61 Å². The highest BCUT2D eigenvalue weighted by Crippen LogP contribution is 2.36. The Balaban J connectivity index is 1.54. The summed E-state index contributed by atoms with van der Waals surface area (Å²) in [6.45, 7) is 3.59. The molecule has 6 heteroatoms. The first-order chi connectivity index (χ1) is 15.5. The standard InChI is InChI=1S/C26H22Cl2INO2/c1-2-31-25-13-17(15-30-24-11-10-20(27)14-22(24)28)12-23(29)26(25)32-16-19-8-5-7-18-6-3-4-9-21(18)19/h3-14,30H,2,15-16H2,1H3. The first kappa shape index (κ1) is 23.0. The second-order valence-electron chi connectivity index (χ2n) is 7.24. The molecule has 1 N–H and O–H groups in total. The Hall–Kier alpha value is -2.15. The van der Waals surface area contributed by atoms with Gasteiger partial charge in [-0.25, -0.2) is 0 Å². The quantitative estimate of drug-likeness (QED) is 0.213. The molecule has 0 atom stereocenters. The van der Waals surface area contributed by atoms with Gasteiger partial charge in [0.05, 0.1) is 20.9 Å². The van der Waals surface area contributed by atoms with Crippen molar-refractivity contribution in [2.24, 2.45) is 0 Å². The third kappa shape index (κ3) is 5.42. The van der Waals surface area contributed by atoms with Gasteiger partial charge in [0.25, 0.3) is 0 Å². The van der Waals surface area contributed by atoms with Gasteiger partial charge in [-0.15, -0.1) is 0 Å². The average Bonchev–Trinajstić information content (AvgIpc) is 2.78. The van der Waals surface area contributed by atoms with Gasteiger partial charge < -0.3 is 14.8 Å². The lowest BCUT2D eigenvalue weighted by Crippen LogP contribution is -2.05. The smallest absolute Gasteiger partial charge is 0.174 e. The number of anilines is 1. The highest BCUT2D eigenvalue weighted by Gasteiger charge is 2.14. The normalized spacial score (nSPS) is 10.9. The van der Waals surface area contributed by atoms with Crippen LogP contribution < -0.4 is 14.8 Å². The van der Waals surface area contributed by atoms with Crippen molar-refractivity contribution in [2.45, 2.75) is 20.1 Å². The van der Waals surface area contributed by atoms with Gasteiger partial charge in [0.15, 0.2) is 11.5 Å². The van der Waals surface area contributed by atoms with Gasteiger partial charge in [-0.2, -0.15) is 0 Å². The first-order valence-electron chi connectivity index (χ1n) is 10.3. The Morgan fingerprint density at radius 1 is 0.906 bits per heavy atom. The molecule has 0 bridgehead atoms. The first-order valence-corrected chi connectivity index (χ1v) is 12.1. The molecule has 0 fully saturated rings. The number of rotatable bonds is 8. The Morgan fingerprint density at radius 2 is 1.72 bits per heavy atom. The van der Waals surface area contributed by atoms with Crippen LogP contribution in [0.25, 0.3) is 10.8 Å². The second-order valence-corrected chi connectivity index (χ2v) is 9.25. The van der Waals surface area contributed by atoms with Crippen molar-refractivity contribution in [3.05, 3.63) is 97.5 Å². The number of fused-ring (bicyclic) bond motifs is 1. The molecule has 0 saturated heterocycles. The molecule has 0 aromatic heterocycles. The van der Waals surface area contributed by atoms with Crippen molar-refractivity contribution < 1.29 is 9.47 Å². The van der Waals surface area contributed by atoms with E-state index in [0.717, 1.165) is 31.9 Å². The lowest BCUT2D eigenvalue weighted by Gasteiger charge is -2.17. The number of hydrogen-bond donors (Lipinski definition) is 1. The van der Waals surface area contributed by atoms with Crippen molar-refractivity contribution in [1.29, 1.82) is 0 Å². The molecule has 3 nitrogen and oxygen atoms in total. The van der Waals surface area contributed by atoms with E-state index in [0.29, 0.717) is 29.8 Å². The highest BCUT2D eigenvalue weighted by atomic mass is 127. The highest BCUT2D eigenvalue weighted by molar-refractivity contribution is 14.1. The monoisotopic (exact) mass is 577 g/mol. The SMILES string of the molecule is CCOc1cc(CNc2ccc(Cl)cc2Cl)cc(I)c1OCc1cccc2ccccc12. The molecule has 0 amide bonds. The van der Waals surface area contributed by atoms with E-state index in [-0.39, 0.29) is 0 Å². The van der Waals surface area contributed by atoms with Crippen LogP contribution in [0.15, 0.2) is 72.8 Å². The fraction of sp³-hybridized carbons (Fsp3) is 0.154. The predicted molar refractivity (Wildman–Crippen MR) is 142 cm³/mol. The molecular formula is C26H22Cl2INO2. The summed E-state index contributed by atoms with van der Waals surface area (Å²) in [6.07, 6.45) is 0. The average molecular weight is 578 g/mol. The van der Waals surface area contributed by atoms with Gasteiger partial charge >= 0.3 is 0 Å². The van der Waals surface area contributed by atoms with Crippen molar-refractivity contribution in [2.75, 3.05) is 11.9 Å². The summed E-state index contributed by atoms with van der Waals surface area (Å²) in [5.41, 5.74) is 3.05. The Morgan fingerprint density at radius 3 is 2.53 bits per heavy atom. The van der Waals surface area contributed by atoms with Crippen LogP contribution in [0, 0.1) is 3.57 Å². The van der Waals surface area contributed by atoms with Crippen molar-refractivity contribution in [3.63, 3.8) is 0 Å². The number of benzene rings is 4. The molecule has 4 aromatic rings. The van der Waals surface area contributed by atoms with Crippen LogP contribution in [0.1, 0.15) is 18.1 Å². The van der Waals surface area contributed by atoms with Crippen molar-refractivity contribution in [1.82, 2.24) is 0 Å². The van der Waals surface area contributed by atoms with E-state index in [1.165, 1.54) is 10.8 Å². The molecule has 0 aliphatic heterocycles. The van der Waals surface area contributed by atoms with E-state index in [9.17, 15) is 0 Å². The number of nitrogens with one attached hydrogen (secondary N) is 1. The van der Waals surface area contributed by atoms with E-state index in [1.54, 1.807) is 6.07 Å². The fourth-order valence-electron chi connectivity index (χ4n) is 3.52. The Kier molecular flexibility index (Phi) is 7.66. The van der Waals surface area contributed by atoms with Crippen LogP contribution in [-0.2, 0) is 13.2 Å². The maximum absolute atomic E-state index is 6.28. The molecule has 0 aliphatic carbocycles. The molecule has 4 aromatic carbocycles. The van der Waals surface area contributed by atoms with E-state index in [2.05, 4.69) is 70.4 Å². The van der Waals surface area contributed by atoms with Crippen LogP contribution in [0.4, 0.5) is 5.69 Å². The number of hydrogen-bond acceptors (Lipinski definition) is 3.